The average molecular weight is 271 g/mol. The van der Waals surface area contributed by atoms with Gasteiger partial charge in [0, 0.05) is 25.5 Å². The number of nitrogens with zero attached hydrogens (tertiary/aromatic N) is 2. The van der Waals surface area contributed by atoms with Crippen LogP contribution in [0, 0.1) is 0 Å². The molecule has 0 aliphatic heterocycles. The van der Waals surface area contributed by atoms with E-state index >= 15 is 0 Å². The first-order valence-corrected chi connectivity index (χ1v) is 5.88. The van der Waals surface area contributed by atoms with Gasteiger partial charge in [0.2, 0.25) is 5.91 Å². The Hall–Kier alpha value is -0.900. The minimum atomic E-state index is -0.126. The zero-order valence-electron chi connectivity index (χ0n) is 8.98. The molecule has 3 nitrogen and oxygen atoms in total. The van der Waals surface area contributed by atoms with Crippen LogP contribution in [0.25, 0.3) is 0 Å². The Morgan fingerprint density at radius 3 is 2.60 bits per heavy atom. The molecule has 82 valence electrons. The normalized spacial score (nSPS) is 12.2. The van der Waals surface area contributed by atoms with Crippen molar-refractivity contribution in [2.24, 2.45) is 0 Å². The molecule has 0 N–H and O–H groups in total. The van der Waals surface area contributed by atoms with Crippen LogP contribution < -0.4 is 0 Å². The number of aromatic nitrogens is 1. The summed E-state index contributed by atoms with van der Waals surface area (Å²) in [5, 5.41) is 0. The van der Waals surface area contributed by atoms with Gasteiger partial charge in [-0.05, 0) is 31.5 Å². The molecule has 0 radical (unpaired) electrons. The van der Waals surface area contributed by atoms with Crippen LogP contribution in [0.1, 0.15) is 19.4 Å². The van der Waals surface area contributed by atoms with Crippen LogP contribution in [0.4, 0.5) is 0 Å². The van der Waals surface area contributed by atoms with E-state index in [-0.39, 0.29) is 10.7 Å². The van der Waals surface area contributed by atoms with Crippen molar-refractivity contribution in [1.29, 1.82) is 0 Å². The molecule has 0 bridgehead atoms. The van der Waals surface area contributed by atoms with Crippen LogP contribution in [0.15, 0.2) is 24.5 Å². The van der Waals surface area contributed by atoms with Gasteiger partial charge in [0.05, 0.1) is 4.83 Å². The van der Waals surface area contributed by atoms with Crippen molar-refractivity contribution in [3.05, 3.63) is 30.1 Å². The molecule has 15 heavy (non-hydrogen) atoms. The number of amides is 1. The second-order valence-corrected chi connectivity index (χ2v) is 4.70. The first kappa shape index (κ1) is 12.2. The molecule has 1 rings (SSSR count). The molecule has 4 heteroatoms. The van der Waals surface area contributed by atoms with E-state index < -0.39 is 0 Å². The molecule has 1 heterocycles. The summed E-state index contributed by atoms with van der Waals surface area (Å²) in [5.74, 6) is 0.120. The van der Waals surface area contributed by atoms with Gasteiger partial charge < -0.3 is 4.90 Å². The van der Waals surface area contributed by atoms with E-state index in [2.05, 4.69) is 20.9 Å². The number of alkyl halides is 1. The lowest BCUT2D eigenvalue weighted by Crippen LogP contribution is -2.34. The second-order valence-electron chi connectivity index (χ2n) is 3.32. The lowest BCUT2D eigenvalue weighted by atomic mass is 10.2. The van der Waals surface area contributed by atoms with Crippen molar-refractivity contribution in [1.82, 2.24) is 9.88 Å². The van der Waals surface area contributed by atoms with Crippen molar-refractivity contribution in [2.75, 3.05) is 6.54 Å². The van der Waals surface area contributed by atoms with E-state index in [1.807, 2.05) is 30.9 Å². The van der Waals surface area contributed by atoms with Crippen LogP contribution in [-0.4, -0.2) is 27.2 Å². The molecule has 1 amide bonds. The Labute approximate surface area is 98.6 Å². The summed E-state index contributed by atoms with van der Waals surface area (Å²) in [7, 11) is 0. The Bertz CT molecular complexity index is 314. The number of carbonyl (C=O) groups excluding carboxylic acids is 1. The molecule has 1 aromatic rings. The van der Waals surface area contributed by atoms with Gasteiger partial charge in [-0.25, -0.2) is 0 Å². The highest BCUT2D eigenvalue weighted by molar-refractivity contribution is 9.10. The Morgan fingerprint density at radius 2 is 2.13 bits per heavy atom. The molecule has 0 aliphatic carbocycles. The van der Waals surface area contributed by atoms with Crippen LogP contribution >= 0.6 is 15.9 Å². The fourth-order valence-corrected chi connectivity index (χ4v) is 1.60. The highest BCUT2D eigenvalue weighted by atomic mass is 79.9. The van der Waals surface area contributed by atoms with E-state index in [0.717, 1.165) is 12.1 Å². The number of hydrogen-bond donors (Lipinski definition) is 0. The Kier molecular flexibility index (Phi) is 4.75. The summed E-state index contributed by atoms with van der Waals surface area (Å²) in [4.78, 5) is 17.4. The van der Waals surface area contributed by atoms with Crippen molar-refractivity contribution in [3.63, 3.8) is 0 Å². The molecule has 1 atom stereocenters. The van der Waals surface area contributed by atoms with Gasteiger partial charge in [0.25, 0.3) is 0 Å². The molecular weight excluding hydrogens is 256 g/mol. The molecule has 0 saturated heterocycles. The number of carbonyl (C=O) groups is 1. The van der Waals surface area contributed by atoms with E-state index in [0.29, 0.717) is 6.54 Å². The third-order valence-corrected chi connectivity index (χ3v) is 2.55. The average Bonchev–Trinajstić information content (AvgIpc) is 2.26. The number of rotatable bonds is 4. The van der Waals surface area contributed by atoms with Crippen molar-refractivity contribution < 1.29 is 4.79 Å². The predicted octanol–water partition coefficient (Wildman–Crippen LogP) is 2.21. The zero-order chi connectivity index (χ0) is 11.3. The molecular formula is C11H15BrN2O. The molecule has 1 aromatic heterocycles. The standard InChI is InChI=1S/C11H15BrN2O/c1-3-14(11(15)9(2)12)8-10-4-6-13-7-5-10/h4-7,9H,3,8H2,1-2H3. The maximum absolute atomic E-state index is 11.7. The predicted molar refractivity (Wildman–Crippen MR) is 63.7 cm³/mol. The molecule has 0 saturated carbocycles. The fraction of sp³-hybridized carbons (Fsp3) is 0.455. The first-order valence-electron chi connectivity index (χ1n) is 4.97. The SMILES string of the molecule is CCN(Cc1ccncc1)C(=O)C(C)Br. The highest BCUT2D eigenvalue weighted by Gasteiger charge is 2.16. The van der Waals surface area contributed by atoms with E-state index in [9.17, 15) is 4.79 Å². The fourth-order valence-electron chi connectivity index (χ4n) is 1.31. The largest absolute Gasteiger partial charge is 0.338 e. The minimum Gasteiger partial charge on any atom is -0.338 e. The summed E-state index contributed by atoms with van der Waals surface area (Å²) in [6, 6.07) is 3.85. The quantitative estimate of drug-likeness (QED) is 0.787. The smallest absolute Gasteiger partial charge is 0.236 e. The van der Waals surface area contributed by atoms with Gasteiger partial charge in [-0.2, -0.15) is 0 Å². The van der Waals surface area contributed by atoms with Crippen LogP contribution in [-0.2, 0) is 11.3 Å². The number of hydrogen-bond acceptors (Lipinski definition) is 2. The van der Waals surface area contributed by atoms with Crippen molar-refractivity contribution in [3.8, 4) is 0 Å². The van der Waals surface area contributed by atoms with Crippen LogP contribution in [0.5, 0.6) is 0 Å². The van der Waals surface area contributed by atoms with Crippen molar-refractivity contribution in [2.45, 2.75) is 25.2 Å². The zero-order valence-corrected chi connectivity index (χ0v) is 10.6. The maximum atomic E-state index is 11.7. The molecule has 0 aromatic carbocycles. The summed E-state index contributed by atoms with van der Waals surface area (Å²) >= 11 is 3.29. The lowest BCUT2D eigenvalue weighted by Gasteiger charge is -2.22. The van der Waals surface area contributed by atoms with Crippen molar-refractivity contribution >= 4 is 21.8 Å². The summed E-state index contributed by atoms with van der Waals surface area (Å²) < 4.78 is 0. The van der Waals surface area contributed by atoms with E-state index in [4.69, 9.17) is 0 Å². The van der Waals surface area contributed by atoms with Gasteiger partial charge in [-0.1, -0.05) is 15.9 Å². The summed E-state index contributed by atoms with van der Waals surface area (Å²) in [6.45, 7) is 5.19. The van der Waals surface area contributed by atoms with Gasteiger partial charge in [0.1, 0.15) is 0 Å². The molecule has 0 aliphatic rings. The van der Waals surface area contributed by atoms with Gasteiger partial charge >= 0.3 is 0 Å². The first-order chi connectivity index (χ1) is 7.15. The van der Waals surface area contributed by atoms with E-state index in [1.165, 1.54) is 0 Å². The number of pyridine rings is 1. The van der Waals surface area contributed by atoms with Gasteiger partial charge in [-0.15, -0.1) is 0 Å². The van der Waals surface area contributed by atoms with Crippen LogP contribution in [0.2, 0.25) is 0 Å². The maximum Gasteiger partial charge on any atom is 0.236 e. The summed E-state index contributed by atoms with van der Waals surface area (Å²) in [6.07, 6.45) is 3.48. The van der Waals surface area contributed by atoms with Crippen LogP contribution in [0.3, 0.4) is 0 Å². The van der Waals surface area contributed by atoms with Gasteiger partial charge in [-0.3, -0.25) is 9.78 Å². The lowest BCUT2D eigenvalue weighted by molar-refractivity contribution is -0.130. The Balaban J connectivity index is 2.66. The third-order valence-electron chi connectivity index (χ3n) is 2.16. The van der Waals surface area contributed by atoms with E-state index in [1.54, 1.807) is 12.4 Å². The second kappa shape index (κ2) is 5.85. The topological polar surface area (TPSA) is 33.2 Å². The molecule has 1 unspecified atom stereocenters. The molecule has 0 spiro atoms. The third kappa shape index (κ3) is 3.63. The minimum absolute atomic E-state index is 0.120. The Morgan fingerprint density at radius 1 is 1.53 bits per heavy atom. The highest BCUT2D eigenvalue weighted by Crippen LogP contribution is 2.08. The number of halogens is 1. The van der Waals surface area contributed by atoms with Gasteiger partial charge in [0.15, 0.2) is 0 Å². The monoisotopic (exact) mass is 270 g/mol. The summed E-state index contributed by atoms with van der Waals surface area (Å²) in [5.41, 5.74) is 1.10. The molecule has 0 fully saturated rings.